The smallest absolute Gasteiger partial charge is 0.261 e. The fraction of sp³-hybridized carbons (Fsp3) is 0.0909. The second kappa shape index (κ2) is 6.74. The van der Waals surface area contributed by atoms with Crippen molar-refractivity contribution in [1.82, 2.24) is 24.1 Å². The van der Waals surface area contributed by atoms with Crippen molar-refractivity contribution < 1.29 is 0 Å². The number of benzene rings is 2. The molecule has 0 aliphatic rings. The third-order valence-corrected chi connectivity index (χ3v) is 4.82. The van der Waals surface area contributed by atoms with Crippen molar-refractivity contribution in [2.45, 2.75) is 13.0 Å². The second-order valence-electron chi connectivity index (χ2n) is 6.62. The van der Waals surface area contributed by atoms with Gasteiger partial charge in [0.2, 0.25) is 0 Å². The van der Waals surface area contributed by atoms with Gasteiger partial charge in [-0.05, 0) is 18.1 Å². The highest BCUT2D eigenvalue weighted by molar-refractivity contribution is 5.79. The van der Waals surface area contributed by atoms with Crippen LogP contribution in [0.1, 0.15) is 5.56 Å². The van der Waals surface area contributed by atoms with E-state index >= 15 is 0 Å². The summed E-state index contributed by atoms with van der Waals surface area (Å²) in [5, 5.41) is 5.11. The van der Waals surface area contributed by atoms with Crippen LogP contribution in [0, 0.1) is 0 Å². The number of fused-ring (bicyclic) bond motifs is 3. The van der Waals surface area contributed by atoms with E-state index in [0.717, 1.165) is 12.0 Å². The Morgan fingerprint density at radius 2 is 1.64 bits per heavy atom. The molecule has 0 amide bonds. The number of rotatable bonds is 4. The number of hydrogen-bond donors (Lipinski definition) is 0. The van der Waals surface area contributed by atoms with E-state index in [1.807, 2.05) is 60.8 Å². The van der Waals surface area contributed by atoms with Crippen LogP contribution in [-0.2, 0) is 13.0 Å². The monoisotopic (exact) mass is 367 g/mol. The highest BCUT2D eigenvalue weighted by atomic mass is 16.1. The molecule has 0 fully saturated rings. The van der Waals surface area contributed by atoms with Gasteiger partial charge in [0.05, 0.1) is 10.9 Å². The fourth-order valence-corrected chi connectivity index (χ4v) is 3.34. The Bertz CT molecular complexity index is 1320. The van der Waals surface area contributed by atoms with Gasteiger partial charge in [-0.15, -0.1) is 5.10 Å². The molecule has 5 rings (SSSR count). The average molecular weight is 367 g/mol. The minimum atomic E-state index is -0.0698. The lowest BCUT2D eigenvalue weighted by atomic mass is 10.1. The van der Waals surface area contributed by atoms with E-state index in [9.17, 15) is 4.79 Å². The van der Waals surface area contributed by atoms with E-state index < -0.39 is 0 Å². The van der Waals surface area contributed by atoms with Crippen LogP contribution in [0.15, 0.2) is 83.9 Å². The van der Waals surface area contributed by atoms with E-state index in [1.165, 1.54) is 5.56 Å². The number of nitrogens with zero attached hydrogens (tertiary/aromatic N) is 5. The van der Waals surface area contributed by atoms with Crippen molar-refractivity contribution in [2.24, 2.45) is 0 Å². The Morgan fingerprint density at radius 3 is 2.43 bits per heavy atom. The predicted octanol–water partition coefficient (Wildman–Crippen LogP) is 3.35. The topological polar surface area (TPSA) is 65.1 Å². The largest absolute Gasteiger partial charge is 0.314 e. The molecule has 6 heteroatoms. The van der Waals surface area contributed by atoms with Gasteiger partial charge in [-0.3, -0.25) is 4.79 Å². The summed E-state index contributed by atoms with van der Waals surface area (Å²) in [5.74, 6) is 1.07. The summed E-state index contributed by atoms with van der Waals surface area (Å²) < 4.78 is 3.36. The van der Waals surface area contributed by atoms with Gasteiger partial charge in [0.25, 0.3) is 11.3 Å². The van der Waals surface area contributed by atoms with Crippen molar-refractivity contribution in [2.75, 3.05) is 0 Å². The van der Waals surface area contributed by atoms with E-state index in [0.29, 0.717) is 29.0 Å². The SMILES string of the molecule is O=c1c2cnc3nc(-c4ccccc4)nn3c2ccn1CCc1ccccc1. The molecular weight excluding hydrogens is 350 g/mol. The molecule has 0 saturated heterocycles. The molecule has 28 heavy (non-hydrogen) atoms. The second-order valence-corrected chi connectivity index (χ2v) is 6.62. The first-order valence-electron chi connectivity index (χ1n) is 9.14. The first kappa shape index (κ1) is 16.4. The molecule has 3 heterocycles. The number of hydrogen-bond acceptors (Lipinski definition) is 4. The maximum atomic E-state index is 12.9. The molecule has 0 spiro atoms. The normalized spacial score (nSPS) is 11.3. The molecule has 0 aliphatic carbocycles. The zero-order valence-corrected chi connectivity index (χ0v) is 15.1. The van der Waals surface area contributed by atoms with Gasteiger partial charge in [-0.2, -0.15) is 9.50 Å². The summed E-state index contributed by atoms with van der Waals surface area (Å²) in [6.07, 6.45) is 4.20. The molecule has 0 aliphatic heterocycles. The summed E-state index contributed by atoms with van der Waals surface area (Å²) in [6.45, 7) is 0.615. The Hall–Kier alpha value is -3.80. The highest BCUT2D eigenvalue weighted by Gasteiger charge is 2.12. The lowest BCUT2D eigenvalue weighted by molar-refractivity contribution is 0.674. The summed E-state index contributed by atoms with van der Waals surface area (Å²) in [7, 11) is 0. The molecule has 0 unspecified atom stereocenters. The summed E-state index contributed by atoms with van der Waals surface area (Å²) in [6, 6.07) is 21.8. The van der Waals surface area contributed by atoms with Crippen LogP contribution in [0.3, 0.4) is 0 Å². The maximum absolute atomic E-state index is 12.9. The standard InChI is InChI=1S/C22H17N5O/c28-21-18-15-23-22-24-20(17-9-5-2-6-10-17)25-27(22)19(18)12-14-26(21)13-11-16-7-3-1-4-8-16/h1-10,12,14-15H,11,13H2. The minimum absolute atomic E-state index is 0.0698. The Morgan fingerprint density at radius 1 is 0.893 bits per heavy atom. The zero-order valence-electron chi connectivity index (χ0n) is 15.1. The van der Waals surface area contributed by atoms with Crippen LogP contribution < -0.4 is 5.56 Å². The first-order valence-corrected chi connectivity index (χ1v) is 9.14. The lowest BCUT2D eigenvalue weighted by Crippen LogP contribution is -2.21. The Balaban J connectivity index is 1.56. The Labute approximate surface area is 160 Å². The molecule has 0 radical (unpaired) electrons. The van der Waals surface area contributed by atoms with Crippen LogP contribution in [0.25, 0.3) is 28.1 Å². The van der Waals surface area contributed by atoms with Gasteiger partial charge < -0.3 is 4.57 Å². The van der Waals surface area contributed by atoms with Crippen LogP contribution in [-0.4, -0.2) is 24.1 Å². The van der Waals surface area contributed by atoms with Crippen LogP contribution in [0.4, 0.5) is 0 Å². The lowest BCUT2D eigenvalue weighted by Gasteiger charge is -2.07. The molecule has 136 valence electrons. The summed E-state index contributed by atoms with van der Waals surface area (Å²) in [5.41, 5.74) is 2.75. The molecule has 0 saturated carbocycles. The zero-order chi connectivity index (χ0) is 18.9. The molecule has 0 bridgehead atoms. The molecule has 5 aromatic rings. The fourth-order valence-electron chi connectivity index (χ4n) is 3.34. The van der Waals surface area contributed by atoms with Gasteiger partial charge in [-0.1, -0.05) is 60.7 Å². The van der Waals surface area contributed by atoms with Crippen molar-refractivity contribution >= 4 is 16.7 Å². The third-order valence-electron chi connectivity index (χ3n) is 4.82. The van der Waals surface area contributed by atoms with Crippen molar-refractivity contribution in [3.8, 4) is 11.4 Å². The minimum Gasteiger partial charge on any atom is -0.314 e. The molecule has 0 atom stereocenters. The van der Waals surface area contributed by atoms with Crippen LogP contribution in [0.5, 0.6) is 0 Å². The first-order chi connectivity index (χ1) is 13.8. The van der Waals surface area contributed by atoms with Gasteiger partial charge in [0.1, 0.15) is 0 Å². The Kier molecular flexibility index (Phi) is 3.94. The average Bonchev–Trinajstić information content (AvgIpc) is 3.19. The van der Waals surface area contributed by atoms with E-state index in [4.69, 9.17) is 0 Å². The number of pyridine rings is 1. The van der Waals surface area contributed by atoms with E-state index in [-0.39, 0.29) is 5.56 Å². The van der Waals surface area contributed by atoms with Gasteiger partial charge >= 0.3 is 0 Å². The summed E-state index contributed by atoms with van der Waals surface area (Å²) >= 11 is 0. The van der Waals surface area contributed by atoms with Crippen molar-refractivity contribution in [3.05, 3.63) is 95.0 Å². The number of aryl methyl sites for hydroxylation is 2. The van der Waals surface area contributed by atoms with Gasteiger partial charge in [0, 0.05) is 24.5 Å². The highest BCUT2D eigenvalue weighted by Crippen LogP contribution is 2.17. The van der Waals surface area contributed by atoms with Crippen LogP contribution in [0.2, 0.25) is 0 Å². The summed E-state index contributed by atoms with van der Waals surface area (Å²) in [4.78, 5) is 21.8. The number of aromatic nitrogens is 5. The molecule has 3 aromatic heterocycles. The third kappa shape index (κ3) is 2.85. The molecule has 6 nitrogen and oxygen atoms in total. The van der Waals surface area contributed by atoms with Crippen molar-refractivity contribution in [3.63, 3.8) is 0 Å². The van der Waals surface area contributed by atoms with Gasteiger partial charge in [0.15, 0.2) is 5.82 Å². The maximum Gasteiger partial charge on any atom is 0.261 e. The quantitative estimate of drug-likeness (QED) is 0.489. The predicted molar refractivity (Wildman–Crippen MR) is 108 cm³/mol. The molecule has 2 aromatic carbocycles. The van der Waals surface area contributed by atoms with Crippen LogP contribution >= 0.6 is 0 Å². The van der Waals surface area contributed by atoms with E-state index in [1.54, 1.807) is 15.3 Å². The van der Waals surface area contributed by atoms with E-state index in [2.05, 4.69) is 27.2 Å². The molecule has 0 N–H and O–H groups in total. The van der Waals surface area contributed by atoms with Crippen molar-refractivity contribution in [1.29, 1.82) is 0 Å². The van der Waals surface area contributed by atoms with Gasteiger partial charge in [-0.25, -0.2) is 4.98 Å². The molecular formula is C22H17N5O.